The van der Waals surface area contributed by atoms with Crippen LogP contribution in [0, 0.1) is 0 Å². The molecule has 1 fully saturated rings. The molecule has 3 N–H and O–H groups in total. The number of hydrogen-bond donors (Lipinski definition) is 3. The average molecular weight is 194 g/mol. The molecule has 0 spiro atoms. The minimum absolute atomic E-state index is 0.00829. The van der Waals surface area contributed by atoms with E-state index in [9.17, 15) is 9.90 Å². The van der Waals surface area contributed by atoms with Gasteiger partial charge in [0.05, 0.1) is 5.60 Å². The number of aliphatic hydroxyl groups is 1. The van der Waals surface area contributed by atoms with Crippen LogP contribution in [0.1, 0.15) is 42.9 Å². The summed E-state index contributed by atoms with van der Waals surface area (Å²) in [5, 5.41) is 15.7. The minimum Gasteiger partial charge on any atom is -0.389 e. The van der Waals surface area contributed by atoms with Crippen molar-refractivity contribution in [3.63, 3.8) is 0 Å². The Morgan fingerprint density at radius 2 is 2.29 bits per heavy atom. The molecule has 0 radical (unpaired) electrons. The van der Waals surface area contributed by atoms with Gasteiger partial charge < -0.3 is 10.2 Å². The third-order valence-corrected chi connectivity index (χ3v) is 3.63. The Bertz CT molecular complexity index is 420. The first-order valence-electron chi connectivity index (χ1n) is 5.20. The predicted molar refractivity (Wildman–Crippen MR) is 51.3 cm³/mol. The molecule has 3 rings (SSSR count). The highest BCUT2D eigenvalue weighted by atomic mass is 16.3. The molecule has 1 saturated carbocycles. The van der Waals surface area contributed by atoms with Crippen molar-refractivity contribution in [2.24, 2.45) is 0 Å². The van der Waals surface area contributed by atoms with Gasteiger partial charge in [-0.2, -0.15) is 0 Å². The number of aromatic amines is 2. The van der Waals surface area contributed by atoms with Crippen molar-refractivity contribution >= 4 is 0 Å². The zero-order valence-electron chi connectivity index (χ0n) is 7.97. The number of aromatic nitrogens is 2. The normalized spacial score (nSPS) is 35.4. The molecule has 76 valence electrons. The maximum atomic E-state index is 11.5. The summed E-state index contributed by atoms with van der Waals surface area (Å²) in [5.74, 6) is 0.271. The van der Waals surface area contributed by atoms with Crippen molar-refractivity contribution in [1.29, 1.82) is 0 Å². The Balaban J connectivity index is 2.15. The fraction of sp³-hybridized carbons (Fsp3) is 0.700. The van der Waals surface area contributed by atoms with Gasteiger partial charge in [-0.3, -0.25) is 9.89 Å². The molecule has 0 saturated heterocycles. The summed E-state index contributed by atoms with van der Waals surface area (Å²) in [6, 6.07) is 0. The minimum atomic E-state index is -0.555. The quantitative estimate of drug-likeness (QED) is 0.567. The first kappa shape index (κ1) is 8.29. The number of H-pyrrole nitrogens is 2. The molecule has 0 aromatic carbocycles. The van der Waals surface area contributed by atoms with Crippen molar-refractivity contribution in [3.8, 4) is 0 Å². The van der Waals surface area contributed by atoms with E-state index in [1.54, 1.807) is 0 Å². The average Bonchev–Trinajstić information content (AvgIpc) is 2.46. The van der Waals surface area contributed by atoms with E-state index in [0.29, 0.717) is 6.42 Å². The van der Waals surface area contributed by atoms with Gasteiger partial charge in [0.25, 0.3) is 5.56 Å². The number of fused-ring (bicyclic) bond motifs is 4. The van der Waals surface area contributed by atoms with Crippen LogP contribution >= 0.6 is 0 Å². The molecular formula is C10H14N2O2. The molecular weight excluding hydrogens is 180 g/mol. The summed E-state index contributed by atoms with van der Waals surface area (Å²) in [7, 11) is 0. The van der Waals surface area contributed by atoms with Gasteiger partial charge >= 0.3 is 0 Å². The molecule has 4 heteroatoms. The fourth-order valence-corrected chi connectivity index (χ4v) is 3.05. The molecule has 2 aliphatic carbocycles. The zero-order valence-corrected chi connectivity index (χ0v) is 7.97. The fourth-order valence-electron chi connectivity index (χ4n) is 3.05. The summed E-state index contributed by atoms with van der Waals surface area (Å²) in [6.07, 6.45) is 4.32. The van der Waals surface area contributed by atoms with Crippen LogP contribution in [-0.4, -0.2) is 20.9 Å². The van der Waals surface area contributed by atoms with E-state index in [4.69, 9.17) is 0 Å². The molecule has 4 nitrogen and oxygen atoms in total. The lowest BCUT2D eigenvalue weighted by Gasteiger charge is -2.40. The maximum absolute atomic E-state index is 11.5. The van der Waals surface area contributed by atoms with Gasteiger partial charge in [-0.15, -0.1) is 0 Å². The largest absolute Gasteiger partial charge is 0.389 e. The van der Waals surface area contributed by atoms with E-state index in [0.717, 1.165) is 36.9 Å². The van der Waals surface area contributed by atoms with Crippen molar-refractivity contribution in [1.82, 2.24) is 10.2 Å². The van der Waals surface area contributed by atoms with E-state index in [1.165, 1.54) is 0 Å². The molecule has 0 amide bonds. The number of rotatable bonds is 0. The van der Waals surface area contributed by atoms with E-state index in [2.05, 4.69) is 10.2 Å². The van der Waals surface area contributed by atoms with Gasteiger partial charge in [-0.25, -0.2) is 0 Å². The highest BCUT2D eigenvalue weighted by Gasteiger charge is 2.42. The smallest absolute Gasteiger partial charge is 0.267 e. The number of hydrogen-bond acceptors (Lipinski definition) is 2. The second-order valence-electron chi connectivity index (χ2n) is 4.67. The van der Waals surface area contributed by atoms with Crippen LogP contribution in [0.2, 0.25) is 0 Å². The molecule has 0 aliphatic heterocycles. The van der Waals surface area contributed by atoms with Crippen LogP contribution in [-0.2, 0) is 6.42 Å². The third kappa shape index (κ3) is 1.00. The van der Waals surface area contributed by atoms with Crippen LogP contribution in [0.5, 0.6) is 0 Å². The predicted octanol–water partition coefficient (Wildman–Crippen LogP) is 0.648. The highest BCUT2D eigenvalue weighted by Crippen LogP contribution is 2.44. The molecule has 14 heavy (non-hydrogen) atoms. The summed E-state index contributed by atoms with van der Waals surface area (Å²) in [4.78, 5) is 11.5. The van der Waals surface area contributed by atoms with Crippen LogP contribution in [0.3, 0.4) is 0 Å². The van der Waals surface area contributed by atoms with Gasteiger partial charge in [-0.1, -0.05) is 0 Å². The number of nitrogens with one attached hydrogen (secondary N) is 2. The lowest BCUT2D eigenvalue weighted by atomic mass is 9.68. The van der Waals surface area contributed by atoms with Gasteiger partial charge in [0.15, 0.2) is 0 Å². The molecule has 1 heterocycles. The second-order valence-corrected chi connectivity index (χ2v) is 4.67. The van der Waals surface area contributed by atoms with Crippen LogP contribution in [0.25, 0.3) is 0 Å². The third-order valence-electron chi connectivity index (χ3n) is 3.63. The van der Waals surface area contributed by atoms with E-state index in [-0.39, 0.29) is 11.5 Å². The summed E-state index contributed by atoms with van der Waals surface area (Å²) in [6.45, 7) is 0. The van der Waals surface area contributed by atoms with Crippen molar-refractivity contribution in [3.05, 3.63) is 21.6 Å². The second kappa shape index (κ2) is 2.51. The summed E-state index contributed by atoms with van der Waals surface area (Å²) in [5.41, 5.74) is 1.28. The van der Waals surface area contributed by atoms with Crippen molar-refractivity contribution in [2.45, 2.75) is 43.6 Å². The highest BCUT2D eigenvalue weighted by molar-refractivity contribution is 5.28. The zero-order chi connectivity index (χ0) is 9.76. The monoisotopic (exact) mass is 194 g/mol. The maximum Gasteiger partial charge on any atom is 0.267 e. The molecule has 0 unspecified atom stereocenters. The topological polar surface area (TPSA) is 68.9 Å². The molecule has 2 bridgehead atoms. The Morgan fingerprint density at radius 1 is 1.43 bits per heavy atom. The van der Waals surface area contributed by atoms with Crippen LogP contribution in [0.15, 0.2) is 4.79 Å². The molecule has 2 atom stereocenters. The van der Waals surface area contributed by atoms with Gasteiger partial charge in [0.1, 0.15) is 0 Å². The molecule has 1 aromatic rings. The summed E-state index contributed by atoms with van der Waals surface area (Å²) < 4.78 is 0. The Hall–Kier alpha value is -1.03. The van der Waals surface area contributed by atoms with Crippen LogP contribution < -0.4 is 5.56 Å². The molecule has 2 aliphatic rings. The van der Waals surface area contributed by atoms with Crippen molar-refractivity contribution in [2.75, 3.05) is 0 Å². The van der Waals surface area contributed by atoms with E-state index >= 15 is 0 Å². The lowest BCUT2D eigenvalue weighted by molar-refractivity contribution is -0.0115. The van der Waals surface area contributed by atoms with Crippen LogP contribution in [0.4, 0.5) is 0 Å². The van der Waals surface area contributed by atoms with Gasteiger partial charge in [0, 0.05) is 17.7 Å². The molecule has 1 aromatic heterocycles. The Labute approximate surface area is 81.3 Å². The van der Waals surface area contributed by atoms with E-state index < -0.39 is 5.60 Å². The Morgan fingerprint density at radius 3 is 3.14 bits per heavy atom. The first-order chi connectivity index (χ1) is 6.68. The van der Waals surface area contributed by atoms with Gasteiger partial charge in [-0.05, 0) is 31.6 Å². The van der Waals surface area contributed by atoms with E-state index in [1.807, 2.05) is 0 Å². The summed E-state index contributed by atoms with van der Waals surface area (Å²) >= 11 is 0. The van der Waals surface area contributed by atoms with Gasteiger partial charge in [0.2, 0.25) is 0 Å². The Kier molecular flexibility index (Phi) is 1.49. The standard InChI is InChI=1S/C10H14N2O2/c13-9-8-6-2-1-3-10(14,4-6)5-7(8)11-12-9/h6,14H,1-5H2,(H2,11,12,13)/t6-,10-/m1/s1. The SMILES string of the molecule is O=c1[nH][nH]c2c1[C@@H]1CCC[C@](O)(C2)C1. The first-order valence-corrected chi connectivity index (χ1v) is 5.20. The van der Waals surface area contributed by atoms with Crippen molar-refractivity contribution < 1.29 is 5.11 Å². The lowest BCUT2D eigenvalue weighted by Crippen LogP contribution is -2.41.